The Morgan fingerprint density at radius 1 is 1.26 bits per heavy atom. The van der Waals surface area contributed by atoms with Gasteiger partial charge in [0, 0.05) is 31.1 Å². The van der Waals surface area contributed by atoms with Gasteiger partial charge in [0.25, 0.3) is 0 Å². The van der Waals surface area contributed by atoms with Crippen molar-refractivity contribution >= 4 is 11.5 Å². The highest BCUT2D eigenvalue weighted by Crippen LogP contribution is 2.28. The van der Waals surface area contributed by atoms with Crippen LogP contribution in [-0.2, 0) is 4.79 Å². The van der Waals surface area contributed by atoms with Crippen molar-refractivity contribution in [1.82, 2.24) is 0 Å². The van der Waals surface area contributed by atoms with Crippen molar-refractivity contribution in [3.63, 3.8) is 0 Å². The second kappa shape index (κ2) is 6.23. The number of carbonyl (C=O) groups is 1. The normalized spacial score (nSPS) is 23.4. The minimum atomic E-state index is 0.227. The molecular weight excluding hydrogens is 234 g/mol. The summed E-state index contributed by atoms with van der Waals surface area (Å²) in [5, 5.41) is 0. The summed E-state index contributed by atoms with van der Waals surface area (Å²) in [5.74, 6) is 1.38. The van der Waals surface area contributed by atoms with Crippen LogP contribution in [0.4, 0.5) is 5.69 Å². The lowest BCUT2D eigenvalue weighted by atomic mass is 9.81. The predicted molar refractivity (Wildman–Crippen MR) is 80.6 cm³/mol. The number of hydrogen-bond donors (Lipinski definition) is 0. The Balaban J connectivity index is 2.06. The number of hydrogen-bond acceptors (Lipinski definition) is 2. The second-order valence-corrected chi connectivity index (χ2v) is 5.92. The molecule has 19 heavy (non-hydrogen) atoms. The summed E-state index contributed by atoms with van der Waals surface area (Å²) >= 11 is 0. The lowest BCUT2D eigenvalue weighted by Gasteiger charge is -2.32. The molecule has 0 N–H and O–H groups in total. The molecule has 2 nitrogen and oxygen atoms in total. The first-order chi connectivity index (χ1) is 9.10. The molecule has 1 aromatic carbocycles. The predicted octanol–water partition coefficient (Wildman–Crippen LogP) is 3.83. The maximum Gasteiger partial charge on any atom is 0.137 e. The molecule has 1 aliphatic rings. The van der Waals surface area contributed by atoms with Gasteiger partial charge < -0.3 is 4.90 Å². The molecular formula is C17H25NO. The fourth-order valence-corrected chi connectivity index (χ4v) is 2.94. The van der Waals surface area contributed by atoms with Crippen LogP contribution in [0, 0.1) is 18.8 Å². The van der Waals surface area contributed by atoms with Crippen LogP contribution in [0.15, 0.2) is 24.3 Å². The standard InChI is InChI=1S/C17H25NO/c1-4-18(16-8-5-13(2)6-9-16)12-15-11-14(3)7-10-17(15)19/h5-6,8-9,14-15H,4,7,10-12H2,1-3H3. The highest BCUT2D eigenvalue weighted by molar-refractivity contribution is 5.82. The van der Waals surface area contributed by atoms with E-state index in [-0.39, 0.29) is 5.92 Å². The Bertz CT molecular complexity index is 423. The molecule has 2 unspecified atom stereocenters. The fourth-order valence-electron chi connectivity index (χ4n) is 2.94. The highest BCUT2D eigenvalue weighted by atomic mass is 16.1. The topological polar surface area (TPSA) is 20.3 Å². The summed E-state index contributed by atoms with van der Waals surface area (Å²) in [4.78, 5) is 14.4. The Hall–Kier alpha value is -1.31. The van der Waals surface area contributed by atoms with Crippen LogP contribution in [0.25, 0.3) is 0 Å². The summed E-state index contributed by atoms with van der Waals surface area (Å²) in [6.45, 7) is 8.37. The fraction of sp³-hybridized carbons (Fsp3) is 0.588. The number of anilines is 1. The van der Waals surface area contributed by atoms with Crippen LogP contribution in [0.3, 0.4) is 0 Å². The Kier molecular flexibility index (Phi) is 4.62. The molecule has 0 aliphatic heterocycles. The van der Waals surface area contributed by atoms with Crippen LogP contribution in [0.1, 0.15) is 38.7 Å². The zero-order valence-electron chi connectivity index (χ0n) is 12.4. The number of aryl methyl sites for hydroxylation is 1. The molecule has 0 heterocycles. The van der Waals surface area contributed by atoms with Crippen molar-refractivity contribution in [3.05, 3.63) is 29.8 Å². The van der Waals surface area contributed by atoms with E-state index in [1.807, 2.05) is 0 Å². The third-order valence-corrected chi connectivity index (χ3v) is 4.25. The van der Waals surface area contributed by atoms with E-state index in [0.29, 0.717) is 11.7 Å². The molecule has 1 aromatic rings. The minimum Gasteiger partial charge on any atom is -0.371 e. The van der Waals surface area contributed by atoms with Gasteiger partial charge in [-0.3, -0.25) is 4.79 Å². The molecule has 0 saturated heterocycles. The molecule has 2 atom stereocenters. The van der Waals surface area contributed by atoms with Gasteiger partial charge in [0.05, 0.1) is 0 Å². The van der Waals surface area contributed by atoms with E-state index in [1.54, 1.807) is 0 Å². The van der Waals surface area contributed by atoms with E-state index in [1.165, 1.54) is 11.3 Å². The van der Waals surface area contributed by atoms with Gasteiger partial charge in [-0.2, -0.15) is 0 Å². The van der Waals surface area contributed by atoms with Gasteiger partial charge in [-0.1, -0.05) is 24.6 Å². The minimum absolute atomic E-state index is 0.227. The van der Waals surface area contributed by atoms with Crippen LogP contribution in [0.5, 0.6) is 0 Å². The average Bonchev–Trinajstić information content (AvgIpc) is 2.41. The quantitative estimate of drug-likeness (QED) is 0.819. The third kappa shape index (κ3) is 3.59. The summed E-state index contributed by atoms with van der Waals surface area (Å²) in [6, 6.07) is 8.61. The van der Waals surface area contributed by atoms with E-state index in [0.717, 1.165) is 32.4 Å². The first-order valence-electron chi connectivity index (χ1n) is 7.44. The van der Waals surface area contributed by atoms with Crippen molar-refractivity contribution in [3.8, 4) is 0 Å². The maximum absolute atomic E-state index is 12.1. The first kappa shape index (κ1) is 14.1. The number of benzene rings is 1. The lowest BCUT2D eigenvalue weighted by molar-refractivity contribution is -0.125. The van der Waals surface area contributed by atoms with Gasteiger partial charge in [0.15, 0.2) is 0 Å². The molecule has 2 heteroatoms. The molecule has 1 saturated carbocycles. The van der Waals surface area contributed by atoms with Crippen molar-refractivity contribution in [2.45, 2.75) is 40.0 Å². The van der Waals surface area contributed by atoms with E-state index in [2.05, 4.69) is 49.9 Å². The smallest absolute Gasteiger partial charge is 0.137 e. The number of carbonyl (C=O) groups excluding carboxylic acids is 1. The van der Waals surface area contributed by atoms with Crippen LogP contribution in [-0.4, -0.2) is 18.9 Å². The number of rotatable bonds is 4. The summed E-state index contributed by atoms with van der Waals surface area (Å²) in [5.41, 5.74) is 2.52. The average molecular weight is 259 g/mol. The number of nitrogens with zero attached hydrogens (tertiary/aromatic N) is 1. The second-order valence-electron chi connectivity index (χ2n) is 5.92. The SMILES string of the molecule is CCN(CC1CC(C)CCC1=O)c1ccc(C)cc1. The van der Waals surface area contributed by atoms with Gasteiger partial charge in [0.1, 0.15) is 5.78 Å². The highest BCUT2D eigenvalue weighted by Gasteiger charge is 2.27. The Labute approximate surface area is 116 Å². The van der Waals surface area contributed by atoms with E-state index >= 15 is 0 Å². The maximum atomic E-state index is 12.1. The molecule has 2 rings (SSSR count). The third-order valence-electron chi connectivity index (χ3n) is 4.25. The largest absolute Gasteiger partial charge is 0.371 e. The van der Waals surface area contributed by atoms with Gasteiger partial charge in [-0.15, -0.1) is 0 Å². The molecule has 1 aliphatic carbocycles. The van der Waals surface area contributed by atoms with Crippen molar-refractivity contribution < 1.29 is 4.79 Å². The molecule has 104 valence electrons. The van der Waals surface area contributed by atoms with E-state index in [4.69, 9.17) is 0 Å². The van der Waals surface area contributed by atoms with E-state index < -0.39 is 0 Å². The van der Waals surface area contributed by atoms with Gasteiger partial charge >= 0.3 is 0 Å². The van der Waals surface area contributed by atoms with Crippen molar-refractivity contribution in [1.29, 1.82) is 0 Å². The monoisotopic (exact) mass is 259 g/mol. The van der Waals surface area contributed by atoms with Crippen LogP contribution >= 0.6 is 0 Å². The Morgan fingerprint density at radius 2 is 1.95 bits per heavy atom. The summed E-state index contributed by atoms with van der Waals surface area (Å²) in [6.07, 6.45) is 2.91. The first-order valence-corrected chi connectivity index (χ1v) is 7.44. The lowest BCUT2D eigenvalue weighted by Crippen LogP contribution is -2.36. The van der Waals surface area contributed by atoms with Gasteiger partial charge in [-0.25, -0.2) is 0 Å². The van der Waals surface area contributed by atoms with Crippen molar-refractivity contribution in [2.75, 3.05) is 18.0 Å². The molecule has 1 fully saturated rings. The zero-order valence-corrected chi connectivity index (χ0v) is 12.4. The molecule has 0 spiro atoms. The zero-order chi connectivity index (χ0) is 13.8. The molecule has 0 amide bonds. The molecule has 0 radical (unpaired) electrons. The van der Waals surface area contributed by atoms with Crippen LogP contribution < -0.4 is 4.90 Å². The van der Waals surface area contributed by atoms with Gasteiger partial charge in [0.2, 0.25) is 0 Å². The summed E-state index contributed by atoms with van der Waals surface area (Å²) < 4.78 is 0. The Morgan fingerprint density at radius 3 is 2.58 bits per heavy atom. The number of ketones is 1. The van der Waals surface area contributed by atoms with E-state index in [9.17, 15) is 4.79 Å². The van der Waals surface area contributed by atoms with Gasteiger partial charge in [-0.05, 0) is 44.7 Å². The summed E-state index contributed by atoms with van der Waals surface area (Å²) in [7, 11) is 0. The molecule has 0 aromatic heterocycles. The molecule has 0 bridgehead atoms. The van der Waals surface area contributed by atoms with Crippen molar-refractivity contribution in [2.24, 2.45) is 11.8 Å². The van der Waals surface area contributed by atoms with Crippen LogP contribution in [0.2, 0.25) is 0 Å². The number of Topliss-reactive ketones (excluding diaryl/α,β-unsaturated/α-hetero) is 1.